The van der Waals surface area contributed by atoms with Gasteiger partial charge in [0.05, 0.1) is 0 Å². The van der Waals surface area contributed by atoms with Crippen molar-refractivity contribution in [2.24, 2.45) is 0 Å². The minimum absolute atomic E-state index is 0. The van der Waals surface area contributed by atoms with E-state index in [1.807, 2.05) is 0 Å². The topological polar surface area (TPSA) is 0 Å². The Morgan fingerprint density at radius 3 is 0.271 bits per heavy atom. The molecule has 0 aromatic carbocycles. The summed E-state index contributed by atoms with van der Waals surface area (Å²) in [6.07, 6.45) is 6.06. The maximum atomic E-state index is 2.41. The molecule has 1 rings (SSSR count). The van der Waals surface area contributed by atoms with Crippen molar-refractivity contribution in [2.45, 2.75) is 31.3 Å². The van der Waals surface area contributed by atoms with Crippen LogP contribution in [-0.2, 0) is 0 Å². The molecule has 0 spiro atoms. The van der Waals surface area contributed by atoms with E-state index in [9.17, 15) is 0 Å². The van der Waals surface area contributed by atoms with Gasteiger partial charge in [-0.3, -0.25) is 0 Å². The first-order chi connectivity index (χ1) is 3.80. The van der Waals surface area contributed by atoms with Gasteiger partial charge in [0, 0.05) is 429 Å². The second kappa shape index (κ2) is 1210. The molecule has 0 aliphatic heterocycles. The van der Waals surface area contributed by atoms with Gasteiger partial charge in [-0.1, -0.05) is 12.8 Å². The third-order valence-electron chi connectivity index (χ3n) is 2.05. The van der Waals surface area contributed by atoms with E-state index < -0.39 is 0 Å². The zero-order valence-electron chi connectivity index (χ0n) is 35.3. The summed E-state index contributed by atoms with van der Waals surface area (Å²) < 4.78 is 0. The van der Waals surface area contributed by atoms with Gasteiger partial charge in [-0.05, 0) is 31.8 Å². The smallest absolute Gasteiger partial charge is 0 e. The highest BCUT2D eigenvalue weighted by Gasteiger charge is 2.16. The Labute approximate surface area is 478 Å². The molecule has 52 heteroatoms. The Morgan fingerprint density at radius 1 is 0.169 bits per heavy atom. The fraction of sp³-hybridized carbons (Fsp3) is 1.00. The summed E-state index contributed by atoms with van der Waals surface area (Å²) in [6, 6.07) is 0. The summed E-state index contributed by atoms with van der Waals surface area (Å²) in [4.78, 5) is 0. The molecule has 153 radical (unpaired) electrons. The van der Waals surface area contributed by atoms with Crippen LogP contribution in [0.15, 0.2) is 0 Å². The van der Waals surface area contributed by atoms with Gasteiger partial charge in [-0.25, -0.2) is 0 Å². The van der Waals surface area contributed by atoms with Crippen LogP contribution in [0.4, 0.5) is 0 Å². The van der Waals surface area contributed by atoms with Crippen LogP contribution in [-0.4, -0.2) is 448 Å². The monoisotopic (exact) mass is 692 g/mol. The predicted octanol–water partition coefficient (Wildman–Crippen LogP) is -16.8. The minimum Gasteiger partial charge on any atom is -0.110 e. The van der Waals surface area contributed by atoms with Gasteiger partial charge in [0.15, 0.2) is 0 Å². The second-order valence-electron chi connectivity index (χ2n) is 2.90. The molecule has 1 fully saturated rings. The molecule has 0 aromatic rings. The molecule has 0 unspecified atom stereocenters. The third-order valence-corrected chi connectivity index (χ3v) is 4.03. The van der Waals surface area contributed by atoms with E-state index in [2.05, 4.69) is 13.3 Å². The molecule has 0 aromatic heterocycles. The van der Waals surface area contributed by atoms with Crippen LogP contribution in [0.2, 0.25) is 0 Å². The summed E-state index contributed by atoms with van der Waals surface area (Å²) in [7, 11) is 0.398. The van der Waals surface area contributed by atoms with Gasteiger partial charge in [-0.2, -0.15) is 0 Å². The maximum absolute atomic E-state index is 2.41. The minimum atomic E-state index is 0. The first-order valence-corrected chi connectivity index (χ1v) is 5.77. The summed E-state index contributed by atoms with van der Waals surface area (Å²) in [5.41, 5.74) is 1.13. The van der Waals surface area contributed by atoms with Gasteiger partial charge in [0.25, 0.3) is 0 Å². The molecule has 1 saturated carbocycles. The quantitative estimate of drug-likeness (QED) is 0.191. The standard InChI is InChI=1S/C7H15P.51B/c1-8(2)7-5-3-4-6-7;;;;;;;;;;;;;;;;;;;;;;;;;;;;;;;;;;;;;;;;;;;;;;;;;;;/h7H,3-6H2,1-2H3;;;;;;;;;;;;;;;;;;;;;;;;;;;;;;;;;;;;;;;;;;;;;;;;;;;. The van der Waals surface area contributed by atoms with Crippen molar-refractivity contribution in [3.8, 4) is 0 Å². The van der Waals surface area contributed by atoms with Crippen LogP contribution in [0.25, 0.3) is 0 Å². The molecule has 0 amide bonds. The Kier molecular flexibility index (Phi) is 35500. The highest BCUT2D eigenvalue weighted by atomic mass is 31.1. The normalized spacial score (nSPS) is 3.10. The van der Waals surface area contributed by atoms with Gasteiger partial charge in [0.2, 0.25) is 0 Å². The first kappa shape index (κ1) is 1730. The molecule has 0 heterocycles. The Morgan fingerprint density at radius 2 is 0.237 bits per heavy atom. The van der Waals surface area contributed by atoms with Crippen LogP contribution in [0, 0.1) is 0 Å². The lowest BCUT2D eigenvalue weighted by molar-refractivity contribution is 0.886. The Bertz CT molecular complexity index is 96.6. The van der Waals surface area contributed by atoms with Crippen molar-refractivity contribution in [2.75, 3.05) is 13.3 Å². The fourth-order valence-corrected chi connectivity index (χ4v) is 2.82. The lowest BCUT2D eigenvalue weighted by atomic mass is 10.4. The van der Waals surface area contributed by atoms with Crippen molar-refractivity contribution in [3.63, 3.8) is 0 Å². The third kappa shape index (κ3) is 1010. The van der Waals surface area contributed by atoms with E-state index >= 15 is 0 Å². The van der Waals surface area contributed by atoms with Crippen molar-refractivity contribution in [3.05, 3.63) is 0 Å². The number of rotatable bonds is 1. The average molecular weight is 682 g/mol. The van der Waals surface area contributed by atoms with Crippen molar-refractivity contribution < 1.29 is 0 Å². The van der Waals surface area contributed by atoms with Crippen molar-refractivity contribution >= 4 is 437 Å². The van der Waals surface area contributed by atoms with E-state index in [0.29, 0.717) is 7.92 Å². The Hall–Kier alpha value is 3.74. The van der Waals surface area contributed by atoms with E-state index in [-0.39, 0.29) is 429 Å². The predicted molar refractivity (Wildman–Crippen MR) is 334 cm³/mol. The lowest BCUT2D eigenvalue weighted by Crippen LogP contribution is -1.94. The molecule has 1 aliphatic rings. The van der Waals surface area contributed by atoms with Gasteiger partial charge < -0.3 is 0 Å². The van der Waals surface area contributed by atoms with Crippen LogP contribution >= 0.6 is 7.92 Å². The molecule has 0 saturated heterocycles. The largest absolute Gasteiger partial charge is 0.110 e. The molecule has 1 aliphatic carbocycles. The molecule has 0 N–H and O–H groups in total. The summed E-state index contributed by atoms with van der Waals surface area (Å²) >= 11 is 0. The van der Waals surface area contributed by atoms with Crippen LogP contribution in [0.3, 0.4) is 0 Å². The molecular formula is C7H15B51P. The molecule has 0 bridgehead atoms. The van der Waals surface area contributed by atoms with E-state index in [0.717, 1.165) is 5.66 Å². The second-order valence-corrected chi connectivity index (χ2v) is 5.56. The Balaban J connectivity index is -0.000000000256. The van der Waals surface area contributed by atoms with Crippen molar-refractivity contribution in [1.82, 2.24) is 0 Å². The zero-order valence-corrected chi connectivity index (χ0v) is 36.2. The summed E-state index contributed by atoms with van der Waals surface area (Å²) in [5, 5.41) is 0. The van der Waals surface area contributed by atoms with E-state index in [1.54, 1.807) is 0 Å². The van der Waals surface area contributed by atoms with Gasteiger partial charge in [0.1, 0.15) is 0 Å². The molecule has 59 heavy (non-hydrogen) atoms. The van der Waals surface area contributed by atoms with Crippen LogP contribution < -0.4 is 0 Å². The SMILES string of the molecule is CP(C)C1CCCC1.[B].[B].[B].[B].[B].[B].[B].[B].[B].[B].[B].[B].[B].[B].[B].[B].[B].[B].[B].[B].[B].[B].[B].[B].[B].[B].[B].[B].[B].[B].[B].[B].[B].[B].[B].[B].[B].[B].[B].[B].[B].[B].[B].[B].[B].[B].[B].[B].[B].[B].[B]. The molecule has 0 atom stereocenters. The fourth-order valence-electron chi connectivity index (χ4n) is 1.42. The molecule has 201 valence electrons. The van der Waals surface area contributed by atoms with E-state index in [1.165, 1.54) is 25.7 Å². The summed E-state index contributed by atoms with van der Waals surface area (Å²) in [5.74, 6) is 0. The lowest BCUT2D eigenvalue weighted by Gasteiger charge is -2.12. The van der Waals surface area contributed by atoms with Gasteiger partial charge >= 0.3 is 0 Å². The first-order valence-electron chi connectivity index (χ1n) is 3.47. The van der Waals surface area contributed by atoms with Gasteiger partial charge in [-0.15, -0.1) is 7.92 Å². The number of hydrogen-bond donors (Lipinski definition) is 0. The molecular weight excluding hydrogens is 666 g/mol. The maximum Gasteiger partial charge on any atom is 0 e. The van der Waals surface area contributed by atoms with E-state index in [4.69, 9.17) is 0 Å². The van der Waals surface area contributed by atoms with Crippen molar-refractivity contribution in [1.29, 1.82) is 0 Å². The zero-order chi connectivity index (χ0) is 5.98. The number of hydrogen-bond acceptors (Lipinski definition) is 0. The van der Waals surface area contributed by atoms with Crippen LogP contribution in [0.5, 0.6) is 0 Å². The average Bonchev–Trinajstić information content (AvgIpc) is 2.12. The highest BCUT2D eigenvalue weighted by molar-refractivity contribution is 7.56. The van der Waals surface area contributed by atoms with Crippen LogP contribution in [0.1, 0.15) is 25.7 Å². The molecule has 0 nitrogen and oxygen atoms in total. The summed E-state index contributed by atoms with van der Waals surface area (Å²) in [6.45, 7) is 4.82. The highest BCUT2D eigenvalue weighted by Crippen LogP contribution is 2.42.